The predicted octanol–water partition coefficient (Wildman–Crippen LogP) is 4.88. The van der Waals surface area contributed by atoms with Gasteiger partial charge in [-0.3, -0.25) is 19.3 Å². The van der Waals surface area contributed by atoms with E-state index in [1.54, 1.807) is 11.6 Å². The van der Waals surface area contributed by atoms with Gasteiger partial charge < -0.3 is 10.2 Å². The Bertz CT molecular complexity index is 1620. The zero-order valence-corrected chi connectivity index (χ0v) is 24.1. The summed E-state index contributed by atoms with van der Waals surface area (Å²) in [6.45, 7) is 3.91. The Morgan fingerprint density at radius 3 is 2.43 bits per heavy atom. The quantitative estimate of drug-likeness (QED) is 0.274. The number of likely N-dealkylation sites (N-methyl/N-ethyl adjacent to an activating group) is 1. The largest absolute Gasteiger partial charge is 0.416 e. The van der Waals surface area contributed by atoms with Crippen molar-refractivity contribution in [3.05, 3.63) is 82.3 Å². The molecule has 9 nitrogen and oxygen atoms in total. The molecule has 0 bridgehead atoms. The second-order valence-electron chi connectivity index (χ2n) is 10.8. The summed E-state index contributed by atoms with van der Waals surface area (Å²) in [5.41, 5.74) is -0.650. The SMILES string of the molecule is CCCn1nc(C(=O)N(CC#N)C2CC2)c2c1N(CC)C(=O)[C@H](NC(=O)c1cccc(C(F)(F)F)c1)[C@@H]2c1ccc(F)cc1. The van der Waals surface area contributed by atoms with E-state index in [1.807, 2.05) is 13.0 Å². The number of carbonyl (C=O) groups is 3. The standard InChI is InChI=1S/C31H30F4N6O3/c1-3-15-41-28-24(26(38-41)30(44)40(16-14-36)22-12-13-22)23(18-8-10-21(32)11-9-18)25(29(43)39(28)4-2)37-27(42)19-6-5-7-20(17-19)31(33,34)35/h5-11,17,22-23,25H,3-4,12-13,15-16H2,1-2H3,(H,37,42)/t23-,25-/m1/s1. The molecule has 1 aliphatic carbocycles. The van der Waals surface area contributed by atoms with Gasteiger partial charge in [-0.05, 0) is 62.1 Å². The molecular formula is C31H30F4N6O3. The fourth-order valence-corrected chi connectivity index (χ4v) is 5.65. The first kappa shape index (κ1) is 30.7. The van der Waals surface area contributed by atoms with E-state index in [0.29, 0.717) is 36.0 Å². The number of carbonyl (C=O) groups excluding carboxylic acids is 3. The molecule has 2 heterocycles. The van der Waals surface area contributed by atoms with Crippen molar-refractivity contribution >= 4 is 23.5 Å². The molecule has 2 aliphatic rings. The number of aromatic nitrogens is 2. The lowest BCUT2D eigenvalue weighted by molar-refractivity contribution is -0.137. The van der Waals surface area contributed by atoms with Crippen molar-refractivity contribution in [1.29, 1.82) is 5.26 Å². The summed E-state index contributed by atoms with van der Waals surface area (Å²) in [7, 11) is 0. The van der Waals surface area contributed by atoms with Crippen molar-refractivity contribution in [1.82, 2.24) is 20.0 Å². The van der Waals surface area contributed by atoms with Gasteiger partial charge in [0, 0.05) is 36.2 Å². The number of nitriles is 1. The highest BCUT2D eigenvalue weighted by Crippen LogP contribution is 2.44. The van der Waals surface area contributed by atoms with E-state index in [4.69, 9.17) is 0 Å². The molecule has 13 heteroatoms. The molecule has 3 aromatic rings. The first-order valence-corrected chi connectivity index (χ1v) is 14.3. The highest BCUT2D eigenvalue weighted by atomic mass is 19.4. The Hall–Kier alpha value is -4.73. The molecular weight excluding hydrogens is 580 g/mol. The van der Waals surface area contributed by atoms with Crippen LogP contribution in [0.5, 0.6) is 0 Å². The number of hydrogen-bond donors (Lipinski definition) is 1. The molecule has 0 spiro atoms. The number of alkyl halides is 3. The van der Waals surface area contributed by atoms with Gasteiger partial charge in [-0.2, -0.15) is 23.5 Å². The average Bonchev–Trinajstić information content (AvgIpc) is 3.78. The zero-order valence-electron chi connectivity index (χ0n) is 24.1. The van der Waals surface area contributed by atoms with Gasteiger partial charge in [0.25, 0.3) is 17.7 Å². The maximum absolute atomic E-state index is 14.1. The van der Waals surface area contributed by atoms with Crippen molar-refractivity contribution in [2.45, 2.75) is 63.8 Å². The van der Waals surface area contributed by atoms with Crippen LogP contribution in [-0.4, -0.2) is 57.6 Å². The Morgan fingerprint density at radius 2 is 1.84 bits per heavy atom. The number of benzene rings is 2. The van der Waals surface area contributed by atoms with Crippen molar-refractivity contribution in [2.24, 2.45) is 0 Å². The minimum atomic E-state index is -4.69. The summed E-state index contributed by atoms with van der Waals surface area (Å²) < 4.78 is 55.8. The van der Waals surface area contributed by atoms with Gasteiger partial charge in [-0.15, -0.1) is 0 Å². The lowest BCUT2D eigenvalue weighted by Crippen LogP contribution is -2.55. The molecule has 5 rings (SSSR count). The van der Waals surface area contributed by atoms with Crippen LogP contribution in [0.2, 0.25) is 0 Å². The molecule has 0 saturated heterocycles. The molecule has 1 saturated carbocycles. The first-order chi connectivity index (χ1) is 21.0. The number of nitrogens with zero attached hydrogens (tertiary/aromatic N) is 5. The van der Waals surface area contributed by atoms with Crippen LogP contribution in [0, 0.1) is 17.1 Å². The van der Waals surface area contributed by atoms with Gasteiger partial charge in [0.2, 0.25) is 0 Å². The summed E-state index contributed by atoms with van der Waals surface area (Å²) >= 11 is 0. The van der Waals surface area contributed by atoms with Crippen LogP contribution in [0.15, 0.2) is 48.5 Å². The third-order valence-electron chi connectivity index (χ3n) is 7.80. The molecule has 2 aromatic carbocycles. The minimum Gasteiger partial charge on any atom is -0.339 e. The summed E-state index contributed by atoms with van der Waals surface area (Å²) in [5, 5.41) is 16.7. The van der Waals surface area contributed by atoms with Crippen LogP contribution < -0.4 is 10.2 Å². The fourth-order valence-electron chi connectivity index (χ4n) is 5.65. The summed E-state index contributed by atoms with van der Waals surface area (Å²) in [5.74, 6) is -3.28. The van der Waals surface area contributed by atoms with Gasteiger partial charge in [0.15, 0.2) is 5.69 Å². The Morgan fingerprint density at radius 1 is 1.14 bits per heavy atom. The third-order valence-corrected chi connectivity index (χ3v) is 7.80. The Labute approximate surface area is 251 Å². The lowest BCUT2D eigenvalue weighted by atomic mass is 9.80. The average molecular weight is 611 g/mol. The molecule has 0 radical (unpaired) electrons. The van der Waals surface area contributed by atoms with E-state index in [9.17, 15) is 37.2 Å². The summed E-state index contributed by atoms with van der Waals surface area (Å²) in [6.07, 6.45) is -2.64. The molecule has 3 amide bonds. The number of halogens is 4. The number of amides is 3. The van der Waals surface area contributed by atoms with Crippen molar-refractivity contribution in [3.8, 4) is 6.07 Å². The van der Waals surface area contributed by atoms with Crippen LogP contribution in [0.25, 0.3) is 0 Å². The van der Waals surface area contributed by atoms with Gasteiger partial charge >= 0.3 is 6.18 Å². The van der Waals surface area contributed by atoms with Gasteiger partial charge in [-0.1, -0.05) is 25.1 Å². The summed E-state index contributed by atoms with van der Waals surface area (Å²) in [6, 6.07) is 9.57. The number of nitrogens with one attached hydrogen (secondary N) is 1. The zero-order chi connectivity index (χ0) is 31.8. The van der Waals surface area contributed by atoms with Crippen LogP contribution in [0.3, 0.4) is 0 Å². The minimum absolute atomic E-state index is 0.00538. The van der Waals surface area contributed by atoms with Crippen LogP contribution >= 0.6 is 0 Å². The first-order valence-electron chi connectivity index (χ1n) is 14.3. The second-order valence-corrected chi connectivity index (χ2v) is 10.8. The molecule has 230 valence electrons. The van der Waals surface area contributed by atoms with E-state index in [1.165, 1.54) is 40.1 Å². The topological polar surface area (TPSA) is 111 Å². The molecule has 1 fully saturated rings. The molecule has 2 atom stereocenters. The van der Waals surface area contributed by atoms with Gasteiger partial charge in [0.05, 0.1) is 11.6 Å². The maximum atomic E-state index is 14.1. The normalized spacial score (nSPS) is 18.0. The number of rotatable bonds is 9. The highest BCUT2D eigenvalue weighted by molar-refractivity contribution is 6.07. The van der Waals surface area contributed by atoms with Crippen LogP contribution in [0.1, 0.15) is 76.6 Å². The lowest BCUT2D eigenvalue weighted by Gasteiger charge is -2.38. The van der Waals surface area contributed by atoms with Crippen LogP contribution in [0.4, 0.5) is 23.4 Å². The van der Waals surface area contributed by atoms with Gasteiger partial charge in [0.1, 0.15) is 24.2 Å². The highest BCUT2D eigenvalue weighted by Gasteiger charge is 2.48. The van der Waals surface area contributed by atoms with E-state index >= 15 is 0 Å². The number of aryl methyl sites for hydroxylation is 1. The molecule has 1 aliphatic heterocycles. The monoisotopic (exact) mass is 610 g/mol. The molecule has 44 heavy (non-hydrogen) atoms. The molecule has 0 unspecified atom stereocenters. The van der Waals surface area contributed by atoms with E-state index in [2.05, 4.69) is 10.4 Å². The number of anilines is 1. The van der Waals surface area contributed by atoms with E-state index in [-0.39, 0.29) is 30.4 Å². The predicted molar refractivity (Wildman–Crippen MR) is 151 cm³/mol. The molecule has 1 aromatic heterocycles. The Balaban J connectivity index is 1.68. The van der Waals surface area contributed by atoms with Gasteiger partial charge in [-0.25, -0.2) is 9.07 Å². The van der Waals surface area contributed by atoms with Crippen molar-refractivity contribution in [3.63, 3.8) is 0 Å². The molecule has 1 N–H and O–H groups in total. The Kier molecular flexibility index (Phi) is 8.45. The second kappa shape index (κ2) is 12.1. The third kappa shape index (κ3) is 5.76. The van der Waals surface area contributed by atoms with Crippen LogP contribution in [-0.2, 0) is 17.5 Å². The maximum Gasteiger partial charge on any atom is 0.416 e. The van der Waals surface area contributed by atoms with E-state index in [0.717, 1.165) is 25.0 Å². The van der Waals surface area contributed by atoms with Crippen molar-refractivity contribution < 1.29 is 31.9 Å². The number of hydrogen-bond acceptors (Lipinski definition) is 5. The van der Waals surface area contributed by atoms with E-state index < -0.39 is 47.2 Å². The fraction of sp³-hybridized carbons (Fsp3) is 0.387. The summed E-state index contributed by atoms with van der Waals surface area (Å²) in [4.78, 5) is 44.4. The smallest absolute Gasteiger partial charge is 0.339 e. The number of fused-ring (bicyclic) bond motifs is 1. The van der Waals surface area contributed by atoms with Crippen molar-refractivity contribution in [2.75, 3.05) is 18.0 Å².